The van der Waals surface area contributed by atoms with Crippen molar-refractivity contribution >= 4 is 40.0 Å². The third-order valence-electron chi connectivity index (χ3n) is 4.54. The van der Waals surface area contributed by atoms with E-state index in [9.17, 15) is 4.79 Å². The third-order valence-corrected chi connectivity index (χ3v) is 6.51. The minimum atomic E-state index is -0.567. The number of amidine groups is 1. The summed E-state index contributed by atoms with van der Waals surface area (Å²) in [6.45, 7) is 2.52. The van der Waals surface area contributed by atoms with Gasteiger partial charge in [-0.15, -0.1) is 16.4 Å². The van der Waals surface area contributed by atoms with E-state index in [2.05, 4.69) is 27.4 Å². The Bertz CT molecular complexity index is 842. The van der Waals surface area contributed by atoms with Crippen molar-refractivity contribution in [3.05, 3.63) is 34.4 Å². The number of ether oxygens (including phenoxy) is 1. The summed E-state index contributed by atoms with van der Waals surface area (Å²) in [5.41, 5.74) is 5.68. The lowest BCUT2D eigenvalue weighted by atomic mass is 9.80. The molecular formula is C16H18N6O2S2. The van der Waals surface area contributed by atoms with E-state index in [4.69, 9.17) is 15.5 Å². The summed E-state index contributed by atoms with van der Waals surface area (Å²) in [7, 11) is 0. The van der Waals surface area contributed by atoms with E-state index in [1.54, 1.807) is 29.3 Å². The van der Waals surface area contributed by atoms with Crippen molar-refractivity contribution in [2.24, 2.45) is 16.6 Å². The lowest BCUT2D eigenvalue weighted by Gasteiger charge is -2.44. The van der Waals surface area contributed by atoms with Crippen LogP contribution in [0.2, 0.25) is 0 Å². The Hall–Kier alpha value is -2.04. The molecule has 26 heavy (non-hydrogen) atoms. The Balaban J connectivity index is 1.60. The summed E-state index contributed by atoms with van der Waals surface area (Å²) >= 11 is 3.04. The van der Waals surface area contributed by atoms with Crippen LogP contribution in [-0.2, 0) is 10.3 Å². The van der Waals surface area contributed by atoms with Crippen LogP contribution in [0.25, 0.3) is 0 Å². The van der Waals surface area contributed by atoms with Crippen LogP contribution in [0.1, 0.15) is 28.8 Å². The van der Waals surface area contributed by atoms with Gasteiger partial charge in [0.15, 0.2) is 10.9 Å². The fourth-order valence-electron chi connectivity index (χ4n) is 3.21. The number of carbonyl (C=O) groups excluding carboxylic acids is 1. The van der Waals surface area contributed by atoms with Gasteiger partial charge in [0.1, 0.15) is 16.4 Å². The molecule has 1 amide bonds. The number of nitrogens with two attached hydrogens (primary N) is 1. The van der Waals surface area contributed by atoms with Crippen LogP contribution >= 0.6 is 23.1 Å². The number of carbonyl (C=O) groups is 1. The van der Waals surface area contributed by atoms with E-state index in [-0.39, 0.29) is 17.7 Å². The average molecular weight is 390 g/mol. The molecule has 2 aromatic rings. The number of anilines is 1. The van der Waals surface area contributed by atoms with E-state index in [1.807, 2.05) is 0 Å². The van der Waals surface area contributed by atoms with Gasteiger partial charge in [-0.3, -0.25) is 4.79 Å². The number of hydrogen-bond donors (Lipinski definition) is 2. The number of hydrogen-bond acceptors (Lipinski definition) is 9. The highest BCUT2D eigenvalue weighted by Gasteiger charge is 2.49. The molecular weight excluding hydrogens is 372 g/mol. The van der Waals surface area contributed by atoms with Gasteiger partial charge in [-0.25, -0.2) is 9.98 Å². The van der Waals surface area contributed by atoms with Gasteiger partial charge >= 0.3 is 0 Å². The molecule has 1 saturated heterocycles. The standard InChI is InChI=1S/C16H18N6O2S2/c1-9-5-10-6-26-15(17)21-16(10,8-24-9)14-20-12(7-25-14)19-13(23)11-3-2-4-18-22-11/h2-4,7,9-10H,5-6,8H2,1H3,(H2,17,21)(H,19,23)/t9-,10-,16-/m0/s1. The van der Waals surface area contributed by atoms with Crippen molar-refractivity contribution in [2.45, 2.75) is 25.0 Å². The molecule has 2 aromatic heterocycles. The van der Waals surface area contributed by atoms with E-state index in [0.717, 1.165) is 17.2 Å². The minimum absolute atomic E-state index is 0.194. The zero-order valence-electron chi connectivity index (χ0n) is 14.1. The largest absolute Gasteiger partial charge is 0.379 e. The number of nitrogens with one attached hydrogen (secondary N) is 1. The van der Waals surface area contributed by atoms with Crippen LogP contribution in [0.3, 0.4) is 0 Å². The molecule has 3 atom stereocenters. The molecule has 10 heteroatoms. The van der Waals surface area contributed by atoms with Gasteiger partial charge in [-0.1, -0.05) is 11.8 Å². The Labute approximate surface area is 158 Å². The Kier molecular flexibility index (Phi) is 4.63. The zero-order chi connectivity index (χ0) is 18.1. The third kappa shape index (κ3) is 3.19. The zero-order valence-corrected chi connectivity index (χ0v) is 15.7. The normalized spacial score (nSPS) is 28.1. The second-order valence-electron chi connectivity index (χ2n) is 6.34. The number of fused-ring (bicyclic) bond motifs is 1. The summed E-state index contributed by atoms with van der Waals surface area (Å²) in [5, 5.41) is 13.5. The van der Waals surface area contributed by atoms with Gasteiger partial charge in [0, 0.05) is 23.2 Å². The highest BCUT2D eigenvalue weighted by Crippen LogP contribution is 2.46. The van der Waals surface area contributed by atoms with Crippen LogP contribution in [0.4, 0.5) is 5.82 Å². The van der Waals surface area contributed by atoms with Gasteiger partial charge in [-0.05, 0) is 25.5 Å². The first-order valence-corrected chi connectivity index (χ1v) is 10.1. The Morgan fingerprint density at radius 1 is 1.50 bits per heavy atom. The predicted octanol–water partition coefficient (Wildman–Crippen LogP) is 1.87. The molecule has 4 heterocycles. The molecule has 3 N–H and O–H groups in total. The van der Waals surface area contributed by atoms with Crippen LogP contribution < -0.4 is 11.1 Å². The minimum Gasteiger partial charge on any atom is -0.379 e. The van der Waals surface area contributed by atoms with Gasteiger partial charge < -0.3 is 15.8 Å². The molecule has 0 bridgehead atoms. The van der Waals surface area contributed by atoms with Crippen molar-refractivity contribution in [1.29, 1.82) is 0 Å². The summed E-state index contributed by atoms with van der Waals surface area (Å²) in [6.07, 6.45) is 2.62. The number of nitrogens with zero attached hydrogens (tertiary/aromatic N) is 4. The fraction of sp³-hybridized carbons (Fsp3) is 0.438. The van der Waals surface area contributed by atoms with Crippen molar-refractivity contribution in [1.82, 2.24) is 15.2 Å². The second kappa shape index (κ2) is 6.93. The molecule has 136 valence electrons. The second-order valence-corrected chi connectivity index (χ2v) is 8.24. The summed E-state index contributed by atoms with van der Waals surface area (Å²) in [6, 6.07) is 3.26. The lowest BCUT2D eigenvalue weighted by Crippen LogP contribution is -2.49. The topological polar surface area (TPSA) is 115 Å². The SMILES string of the molecule is C[C@H]1C[C@H]2CSC(N)=N[C@@]2(c2nc(NC(=O)c3cccnn3)cs2)CO1. The maximum atomic E-state index is 12.3. The van der Waals surface area contributed by atoms with E-state index in [1.165, 1.54) is 17.5 Å². The van der Waals surface area contributed by atoms with Crippen LogP contribution in [0, 0.1) is 5.92 Å². The van der Waals surface area contributed by atoms with Crippen molar-refractivity contribution in [3.8, 4) is 0 Å². The van der Waals surface area contributed by atoms with Crippen molar-refractivity contribution < 1.29 is 9.53 Å². The van der Waals surface area contributed by atoms with Crippen LogP contribution in [0.5, 0.6) is 0 Å². The number of amides is 1. The molecule has 0 radical (unpaired) electrons. The highest BCUT2D eigenvalue weighted by molar-refractivity contribution is 8.13. The molecule has 2 aliphatic heterocycles. The number of aromatic nitrogens is 3. The first kappa shape index (κ1) is 17.4. The van der Waals surface area contributed by atoms with Crippen LogP contribution in [0.15, 0.2) is 28.7 Å². The van der Waals surface area contributed by atoms with E-state index >= 15 is 0 Å². The highest BCUT2D eigenvalue weighted by atomic mass is 32.2. The Morgan fingerprint density at radius 2 is 2.38 bits per heavy atom. The fourth-order valence-corrected chi connectivity index (χ4v) is 5.18. The van der Waals surface area contributed by atoms with Crippen molar-refractivity contribution in [3.63, 3.8) is 0 Å². The molecule has 0 saturated carbocycles. The van der Waals surface area contributed by atoms with Gasteiger partial charge in [0.25, 0.3) is 5.91 Å². The molecule has 0 aromatic carbocycles. The Morgan fingerprint density at radius 3 is 3.19 bits per heavy atom. The molecule has 2 aliphatic rings. The predicted molar refractivity (Wildman–Crippen MR) is 101 cm³/mol. The smallest absolute Gasteiger partial charge is 0.277 e. The molecule has 0 unspecified atom stereocenters. The first-order valence-electron chi connectivity index (χ1n) is 8.21. The lowest BCUT2D eigenvalue weighted by molar-refractivity contribution is -0.0466. The van der Waals surface area contributed by atoms with Crippen LogP contribution in [-0.4, -0.2) is 44.7 Å². The molecule has 0 spiro atoms. The maximum Gasteiger partial charge on any atom is 0.277 e. The van der Waals surface area contributed by atoms with Gasteiger partial charge in [0.05, 0.1) is 12.7 Å². The summed E-state index contributed by atoms with van der Waals surface area (Å²) < 4.78 is 5.90. The van der Waals surface area contributed by atoms with E-state index in [0.29, 0.717) is 23.5 Å². The quantitative estimate of drug-likeness (QED) is 0.822. The summed E-state index contributed by atoms with van der Waals surface area (Å²) in [5.74, 6) is 1.32. The maximum absolute atomic E-state index is 12.3. The number of aliphatic imine (C=N–C) groups is 1. The summed E-state index contributed by atoms with van der Waals surface area (Å²) in [4.78, 5) is 21.6. The van der Waals surface area contributed by atoms with Gasteiger partial charge in [-0.2, -0.15) is 5.10 Å². The first-order chi connectivity index (χ1) is 12.6. The van der Waals surface area contributed by atoms with E-state index < -0.39 is 5.54 Å². The average Bonchev–Trinajstić information content (AvgIpc) is 3.12. The molecule has 4 rings (SSSR count). The molecule has 1 fully saturated rings. The number of thioether (sulfide) groups is 1. The number of thiazole rings is 1. The molecule has 0 aliphatic carbocycles. The van der Waals surface area contributed by atoms with Crippen molar-refractivity contribution in [2.75, 3.05) is 17.7 Å². The molecule has 8 nitrogen and oxygen atoms in total. The van der Waals surface area contributed by atoms with Gasteiger partial charge in [0.2, 0.25) is 0 Å². The monoisotopic (exact) mass is 390 g/mol. The number of rotatable bonds is 3.